The van der Waals surface area contributed by atoms with Crippen LogP contribution in [0.4, 0.5) is 31.5 Å². The third-order valence-corrected chi connectivity index (χ3v) is 6.63. The van der Waals surface area contributed by atoms with Gasteiger partial charge in [0.15, 0.2) is 0 Å². The summed E-state index contributed by atoms with van der Waals surface area (Å²) in [5.41, 5.74) is 5.08. The highest BCUT2D eigenvalue weighted by Gasteiger charge is 2.28. The van der Waals surface area contributed by atoms with Gasteiger partial charge in [-0.1, -0.05) is 12.1 Å². The number of aromatic nitrogens is 1. The number of pyridine rings is 1. The highest BCUT2D eigenvalue weighted by molar-refractivity contribution is 6.00. The summed E-state index contributed by atoms with van der Waals surface area (Å²) >= 11 is 0. The van der Waals surface area contributed by atoms with Crippen LogP contribution in [0.5, 0.6) is 0 Å². The van der Waals surface area contributed by atoms with Crippen molar-refractivity contribution in [3.05, 3.63) is 65.5 Å². The molecule has 2 aliphatic heterocycles. The molecule has 1 atom stereocenters. The number of halogens is 2. The SMILES string of the molecule is CNC(=O)c1ccc(-c2cc3c(cc2C(F)F)N(c2cccc4c2NC(C)CC(=O)N4)CCC3)cn1. The van der Waals surface area contributed by atoms with Crippen LogP contribution >= 0.6 is 0 Å². The lowest BCUT2D eigenvalue weighted by molar-refractivity contribution is -0.116. The van der Waals surface area contributed by atoms with Crippen molar-refractivity contribution in [1.29, 1.82) is 0 Å². The minimum absolute atomic E-state index is 0.0642. The second-order valence-corrected chi connectivity index (χ2v) is 9.13. The van der Waals surface area contributed by atoms with Crippen molar-refractivity contribution in [3.8, 4) is 11.1 Å². The largest absolute Gasteiger partial charge is 0.379 e. The minimum atomic E-state index is -2.70. The number of nitrogens with one attached hydrogen (secondary N) is 3. The van der Waals surface area contributed by atoms with Crippen LogP contribution in [-0.4, -0.2) is 36.4 Å². The number of fused-ring (bicyclic) bond motifs is 2. The summed E-state index contributed by atoms with van der Waals surface area (Å²) in [6.45, 7) is 2.61. The highest BCUT2D eigenvalue weighted by Crippen LogP contribution is 2.45. The summed E-state index contributed by atoms with van der Waals surface area (Å²) in [6.07, 6.45) is 0.708. The van der Waals surface area contributed by atoms with Gasteiger partial charge in [0.25, 0.3) is 12.3 Å². The van der Waals surface area contributed by atoms with Crippen molar-refractivity contribution in [1.82, 2.24) is 10.3 Å². The van der Waals surface area contributed by atoms with Crippen LogP contribution in [0.2, 0.25) is 0 Å². The van der Waals surface area contributed by atoms with Crippen molar-refractivity contribution in [2.24, 2.45) is 0 Å². The first-order valence-electron chi connectivity index (χ1n) is 12.0. The number of alkyl halides is 2. The Morgan fingerprint density at radius 2 is 2.03 bits per heavy atom. The molecule has 0 aliphatic carbocycles. The smallest absolute Gasteiger partial charge is 0.269 e. The Hall–Kier alpha value is -4.01. The Balaban J connectivity index is 1.60. The number of carbonyl (C=O) groups excluding carboxylic acids is 2. The van der Waals surface area contributed by atoms with E-state index in [1.807, 2.05) is 31.2 Å². The van der Waals surface area contributed by atoms with Crippen LogP contribution < -0.4 is 20.9 Å². The van der Waals surface area contributed by atoms with E-state index in [0.29, 0.717) is 29.8 Å². The monoisotopic (exact) mass is 491 g/mol. The summed E-state index contributed by atoms with van der Waals surface area (Å²) in [5.74, 6) is -0.400. The fourth-order valence-corrected chi connectivity index (χ4v) is 4.94. The van der Waals surface area contributed by atoms with Crippen LogP contribution in [0.3, 0.4) is 0 Å². The van der Waals surface area contributed by atoms with Crippen molar-refractivity contribution >= 4 is 34.6 Å². The molecule has 0 saturated heterocycles. The van der Waals surface area contributed by atoms with E-state index in [2.05, 4.69) is 25.8 Å². The van der Waals surface area contributed by atoms with Gasteiger partial charge in [0.2, 0.25) is 5.91 Å². The van der Waals surface area contributed by atoms with E-state index >= 15 is 0 Å². The molecule has 2 amide bonds. The Morgan fingerprint density at radius 1 is 1.19 bits per heavy atom. The average Bonchev–Trinajstić information content (AvgIpc) is 3.03. The van der Waals surface area contributed by atoms with Gasteiger partial charge in [-0.05, 0) is 61.2 Å². The number of hydrogen-bond donors (Lipinski definition) is 3. The first-order chi connectivity index (χ1) is 17.4. The fraction of sp³-hybridized carbons (Fsp3) is 0.296. The van der Waals surface area contributed by atoms with Crippen LogP contribution in [0.15, 0.2) is 48.7 Å². The third-order valence-electron chi connectivity index (χ3n) is 6.63. The van der Waals surface area contributed by atoms with Crippen LogP contribution in [-0.2, 0) is 11.2 Å². The fourth-order valence-electron chi connectivity index (χ4n) is 4.94. The zero-order valence-electron chi connectivity index (χ0n) is 20.1. The molecular formula is C27H27F2N5O2. The summed E-state index contributed by atoms with van der Waals surface area (Å²) in [5, 5.41) is 8.89. The van der Waals surface area contributed by atoms with E-state index < -0.39 is 6.43 Å². The maximum absolute atomic E-state index is 14.3. The van der Waals surface area contributed by atoms with Crippen LogP contribution in [0.1, 0.15) is 47.8 Å². The molecule has 3 heterocycles. The van der Waals surface area contributed by atoms with E-state index in [1.165, 1.54) is 19.3 Å². The molecule has 9 heteroatoms. The molecule has 2 aromatic carbocycles. The first kappa shape index (κ1) is 23.7. The van der Waals surface area contributed by atoms with Crippen molar-refractivity contribution in [3.63, 3.8) is 0 Å². The predicted molar refractivity (Wildman–Crippen MR) is 136 cm³/mol. The Kier molecular flexibility index (Phi) is 6.30. The average molecular weight is 492 g/mol. The molecule has 2 aliphatic rings. The number of hydrogen-bond acceptors (Lipinski definition) is 5. The molecule has 0 fully saturated rings. The van der Waals surface area contributed by atoms with Gasteiger partial charge in [-0.15, -0.1) is 0 Å². The van der Waals surface area contributed by atoms with Gasteiger partial charge in [0.05, 0.1) is 17.1 Å². The number of nitrogens with zero attached hydrogens (tertiary/aromatic N) is 2. The number of anilines is 4. The summed E-state index contributed by atoms with van der Waals surface area (Å²) in [4.78, 5) is 30.3. The molecule has 1 unspecified atom stereocenters. The topological polar surface area (TPSA) is 86.4 Å². The molecule has 0 saturated carbocycles. The molecule has 5 rings (SSSR count). The van der Waals surface area contributed by atoms with Gasteiger partial charge in [-0.3, -0.25) is 14.6 Å². The standard InChI is InChI=1S/C27H27F2N5O2/c1-15-11-24(35)33-20-6-3-7-22(25(20)32-15)34-10-4-5-16-12-18(19(26(28)29)13-23(16)34)17-8-9-21(31-14-17)27(36)30-2/h3,6-9,12-15,26,32H,4-5,10-11H2,1-2H3,(H,30,36)(H,33,35). The number of carbonyl (C=O) groups is 2. The van der Waals surface area contributed by atoms with E-state index in [-0.39, 0.29) is 29.1 Å². The van der Waals surface area contributed by atoms with Crippen molar-refractivity contribution < 1.29 is 18.4 Å². The van der Waals surface area contributed by atoms with Crippen LogP contribution in [0, 0.1) is 0 Å². The second kappa shape index (κ2) is 9.56. The van der Waals surface area contributed by atoms with Gasteiger partial charge < -0.3 is 20.9 Å². The third kappa shape index (κ3) is 4.36. The molecule has 36 heavy (non-hydrogen) atoms. The van der Waals surface area contributed by atoms with Crippen molar-refractivity contribution in [2.75, 3.05) is 29.1 Å². The number of rotatable bonds is 4. The summed E-state index contributed by atoms with van der Waals surface area (Å²) in [6, 6.07) is 12.2. The highest BCUT2D eigenvalue weighted by atomic mass is 19.3. The predicted octanol–water partition coefficient (Wildman–Crippen LogP) is 5.27. The zero-order valence-corrected chi connectivity index (χ0v) is 20.1. The van der Waals surface area contributed by atoms with Crippen molar-refractivity contribution in [2.45, 2.75) is 38.7 Å². The Morgan fingerprint density at radius 3 is 2.75 bits per heavy atom. The lowest BCUT2D eigenvalue weighted by atomic mass is 9.92. The Labute approximate surface area is 207 Å². The second-order valence-electron chi connectivity index (χ2n) is 9.13. The molecular weight excluding hydrogens is 464 g/mol. The lowest BCUT2D eigenvalue weighted by Crippen LogP contribution is -2.26. The molecule has 0 bridgehead atoms. The van der Waals surface area contributed by atoms with Gasteiger partial charge >= 0.3 is 0 Å². The van der Waals surface area contributed by atoms with Gasteiger partial charge in [-0.2, -0.15) is 0 Å². The quantitative estimate of drug-likeness (QED) is 0.463. The number of para-hydroxylation sites is 1. The van der Waals surface area contributed by atoms with Crippen LogP contribution in [0.25, 0.3) is 11.1 Å². The van der Waals surface area contributed by atoms with Gasteiger partial charge in [0.1, 0.15) is 5.69 Å². The number of amides is 2. The molecule has 1 aromatic heterocycles. The maximum Gasteiger partial charge on any atom is 0.269 e. The van der Waals surface area contributed by atoms with E-state index in [0.717, 1.165) is 35.5 Å². The number of benzene rings is 2. The van der Waals surface area contributed by atoms with Gasteiger partial charge in [-0.25, -0.2) is 8.78 Å². The molecule has 3 aromatic rings. The van der Waals surface area contributed by atoms with E-state index in [4.69, 9.17) is 0 Å². The first-order valence-corrected chi connectivity index (χ1v) is 12.0. The molecule has 3 N–H and O–H groups in total. The Bertz CT molecular complexity index is 1330. The summed E-state index contributed by atoms with van der Waals surface area (Å²) in [7, 11) is 1.51. The summed E-state index contributed by atoms with van der Waals surface area (Å²) < 4.78 is 28.7. The number of aryl methyl sites for hydroxylation is 1. The lowest BCUT2D eigenvalue weighted by Gasteiger charge is -2.34. The zero-order chi connectivity index (χ0) is 25.4. The normalized spacial score (nSPS) is 17.0. The van der Waals surface area contributed by atoms with E-state index in [9.17, 15) is 18.4 Å². The molecule has 186 valence electrons. The van der Waals surface area contributed by atoms with Gasteiger partial charge in [0, 0.05) is 49.1 Å². The molecule has 7 nitrogen and oxygen atoms in total. The molecule has 0 radical (unpaired) electrons. The maximum atomic E-state index is 14.3. The molecule has 0 spiro atoms. The minimum Gasteiger partial charge on any atom is -0.379 e. The van der Waals surface area contributed by atoms with E-state index in [1.54, 1.807) is 12.1 Å².